The molecule has 0 radical (unpaired) electrons. The Morgan fingerprint density at radius 1 is 1.25 bits per heavy atom. The Labute approximate surface area is 91.3 Å². The van der Waals surface area contributed by atoms with Crippen molar-refractivity contribution >= 4 is 11.0 Å². The molecule has 5 heteroatoms. The van der Waals surface area contributed by atoms with E-state index in [4.69, 9.17) is 5.73 Å². The predicted octanol–water partition coefficient (Wildman–Crippen LogP) is 2.07. The standard InChI is InChI=1S/C11H11F2N3/c1-11(14,10(12)13)9-6-15-7-4-2-3-5-8(7)16-9/h2-6,10H,14H2,1H3. The van der Waals surface area contributed by atoms with Crippen molar-refractivity contribution in [3.63, 3.8) is 0 Å². The lowest BCUT2D eigenvalue weighted by atomic mass is 10.0. The van der Waals surface area contributed by atoms with Crippen molar-refractivity contribution in [2.45, 2.75) is 18.9 Å². The van der Waals surface area contributed by atoms with Crippen LogP contribution in [0.2, 0.25) is 0 Å². The van der Waals surface area contributed by atoms with Crippen LogP contribution in [0.25, 0.3) is 11.0 Å². The number of hydrogen-bond acceptors (Lipinski definition) is 3. The van der Waals surface area contributed by atoms with Gasteiger partial charge in [-0.05, 0) is 19.1 Å². The van der Waals surface area contributed by atoms with E-state index in [1.807, 2.05) is 6.07 Å². The first-order valence-electron chi connectivity index (χ1n) is 4.81. The fourth-order valence-electron chi connectivity index (χ4n) is 1.33. The molecular formula is C11H11F2N3. The highest BCUT2D eigenvalue weighted by Crippen LogP contribution is 2.24. The van der Waals surface area contributed by atoms with Gasteiger partial charge in [-0.25, -0.2) is 13.8 Å². The van der Waals surface area contributed by atoms with E-state index in [9.17, 15) is 8.78 Å². The molecular weight excluding hydrogens is 212 g/mol. The van der Waals surface area contributed by atoms with E-state index >= 15 is 0 Å². The molecule has 2 rings (SSSR count). The van der Waals surface area contributed by atoms with Crippen LogP contribution in [0.3, 0.4) is 0 Å². The van der Waals surface area contributed by atoms with Gasteiger partial charge < -0.3 is 5.73 Å². The highest BCUT2D eigenvalue weighted by molar-refractivity contribution is 5.73. The van der Waals surface area contributed by atoms with Gasteiger partial charge in [0.15, 0.2) is 0 Å². The normalized spacial score (nSPS) is 15.3. The lowest BCUT2D eigenvalue weighted by molar-refractivity contribution is 0.0602. The van der Waals surface area contributed by atoms with Crippen LogP contribution in [0.1, 0.15) is 12.6 Å². The van der Waals surface area contributed by atoms with Gasteiger partial charge in [-0.1, -0.05) is 12.1 Å². The molecule has 0 saturated carbocycles. The van der Waals surface area contributed by atoms with Crippen molar-refractivity contribution in [2.24, 2.45) is 5.73 Å². The second kappa shape index (κ2) is 3.75. The first kappa shape index (κ1) is 10.9. The minimum Gasteiger partial charge on any atom is -0.316 e. The van der Waals surface area contributed by atoms with Crippen molar-refractivity contribution in [2.75, 3.05) is 0 Å². The molecule has 84 valence electrons. The van der Waals surface area contributed by atoms with Gasteiger partial charge in [0.05, 0.1) is 22.9 Å². The van der Waals surface area contributed by atoms with Gasteiger partial charge in [0, 0.05) is 0 Å². The summed E-state index contributed by atoms with van der Waals surface area (Å²) >= 11 is 0. The van der Waals surface area contributed by atoms with Crippen molar-refractivity contribution in [1.82, 2.24) is 9.97 Å². The Morgan fingerprint density at radius 3 is 2.50 bits per heavy atom. The van der Waals surface area contributed by atoms with Crippen molar-refractivity contribution in [3.8, 4) is 0 Å². The molecule has 0 aliphatic heterocycles. The van der Waals surface area contributed by atoms with E-state index in [0.717, 1.165) is 0 Å². The van der Waals surface area contributed by atoms with Crippen LogP contribution in [0.15, 0.2) is 30.5 Å². The van der Waals surface area contributed by atoms with Crippen LogP contribution in [-0.4, -0.2) is 16.4 Å². The molecule has 1 heterocycles. The van der Waals surface area contributed by atoms with E-state index in [-0.39, 0.29) is 5.69 Å². The molecule has 3 nitrogen and oxygen atoms in total. The summed E-state index contributed by atoms with van der Waals surface area (Å²) in [7, 11) is 0. The summed E-state index contributed by atoms with van der Waals surface area (Å²) in [5, 5.41) is 0. The third-order valence-corrected chi connectivity index (χ3v) is 2.45. The summed E-state index contributed by atoms with van der Waals surface area (Å²) in [6.45, 7) is 1.25. The van der Waals surface area contributed by atoms with Crippen LogP contribution >= 0.6 is 0 Å². The van der Waals surface area contributed by atoms with Gasteiger partial charge >= 0.3 is 0 Å². The zero-order valence-electron chi connectivity index (χ0n) is 8.69. The highest BCUT2D eigenvalue weighted by Gasteiger charge is 2.34. The molecule has 2 N–H and O–H groups in total. The average Bonchev–Trinajstić information content (AvgIpc) is 2.28. The highest BCUT2D eigenvalue weighted by atomic mass is 19.3. The summed E-state index contributed by atoms with van der Waals surface area (Å²) in [6.07, 6.45) is -1.38. The molecule has 0 amide bonds. The molecule has 2 aromatic rings. The molecule has 1 aromatic carbocycles. The van der Waals surface area contributed by atoms with Crippen molar-refractivity contribution < 1.29 is 8.78 Å². The SMILES string of the molecule is CC(N)(c1cnc2ccccc2n1)C(F)F. The third-order valence-electron chi connectivity index (χ3n) is 2.45. The van der Waals surface area contributed by atoms with Crippen LogP contribution in [-0.2, 0) is 5.54 Å². The maximum absolute atomic E-state index is 12.7. The van der Waals surface area contributed by atoms with Gasteiger partial charge in [0.25, 0.3) is 6.43 Å². The number of nitrogens with zero attached hydrogens (tertiary/aromatic N) is 2. The predicted molar refractivity (Wildman–Crippen MR) is 57.1 cm³/mol. The summed E-state index contributed by atoms with van der Waals surface area (Å²) in [4.78, 5) is 8.15. The molecule has 0 fully saturated rings. The smallest absolute Gasteiger partial charge is 0.261 e. The van der Waals surface area contributed by atoms with Crippen LogP contribution in [0.5, 0.6) is 0 Å². The van der Waals surface area contributed by atoms with Gasteiger partial charge in [-0.15, -0.1) is 0 Å². The molecule has 1 unspecified atom stereocenters. The van der Waals surface area contributed by atoms with E-state index in [1.54, 1.807) is 18.2 Å². The topological polar surface area (TPSA) is 51.8 Å². The van der Waals surface area contributed by atoms with Crippen molar-refractivity contribution in [3.05, 3.63) is 36.2 Å². The lowest BCUT2D eigenvalue weighted by Crippen LogP contribution is -2.41. The summed E-state index contributed by atoms with van der Waals surface area (Å²) in [5.41, 5.74) is 5.08. The van der Waals surface area contributed by atoms with Crippen molar-refractivity contribution in [1.29, 1.82) is 0 Å². The monoisotopic (exact) mass is 223 g/mol. The van der Waals surface area contributed by atoms with E-state index in [1.165, 1.54) is 13.1 Å². The third kappa shape index (κ3) is 1.74. The molecule has 0 bridgehead atoms. The minimum atomic E-state index is -2.68. The van der Waals surface area contributed by atoms with Gasteiger partial charge in [0.2, 0.25) is 0 Å². The molecule has 16 heavy (non-hydrogen) atoms. The largest absolute Gasteiger partial charge is 0.316 e. The number of hydrogen-bond donors (Lipinski definition) is 1. The Hall–Kier alpha value is -1.62. The van der Waals surface area contributed by atoms with Gasteiger partial charge in [-0.2, -0.15) is 0 Å². The molecule has 1 atom stereocenters. The number of fused-ring (bicyclic) bond motifs is 1. The fourth-order valence-corrected chi connectivity index (χ4v) is 1.33. The Kier molecular flexibility index (Phi) is 2.55. The van der Waals surface area contributed by atoms with E-state index < -0.39 is 12.0 Å². The number of alkyl halides is 2. The fraction of sp³-hybridized carbons (Fsp3) is 0.273. The number of aromatic nitrogens is 2. The van der Waals surface area contributed by atoms with Crippen LogP contribution in [0.4, 0.5) is 8.78 Å². The summed E-state index contributed by atoms with van der Waals surface area (Å²) < 4.78 is 25.4. The average molecular weight is 223 g/mol. The second-order valence-electron chi connectivity index (χ2n) is 3.83. The molecule has 0 aliphatic rings. The number of halogens is 2. The molecule has 1 aromatic heterocycles. The minimum absolute atomic E-state index is 0.0983. The quantitative estimate of drug-likeness (QED) is 0.847. The Balaban J connectivity index is 2.55. The number of nitrogens with two attached hydrogens (primary N) is 1. The molecule has 0 aliphatic carbocycles. The second-order valence-corrected chi connectivity index (χ2v) is 3.83. The van der Waals surface area contributed by atoms with E-state index in [0.29, 0.717) is 11.0 Å². The van der Waals surface area contributed by atoms with Crippen LogP contribution in [0, 0.1) is 0 Å². The number of benzene rings is 1. The van der Waals surface area contributed by atoms with E-state index in [2.05, 4.69) is 9.97 Å². The Bertz CT molecular complexity index is 511. The first-order chi connectivity index (χ1) is 7.51. The first-order valence-corrected chi connectivity index (χ1v) is 4.81. The number of rotatable bonds is 2. The molecule has 0 spiro atoms. The number of para-hydroxylation sites is 2. The summed E-state index contributed by atoms with van der Waals surface area (Å²) in [6, 6.07) is 7.07. The summed E-state index contributed by atoms with van der Waals surface area (Å²) in [5.74, 6) is 0. The maximum atomic E-state index is 12.7. The zero-order valence-corrected chi connectivity index (χ0v) is 8.69. The maximum Gasteiger partial charge on any atom is 0.261 e. The Morgan fingerprint density at radius 2 is 1.88 bits per heavy atom. The van der Waals surface area contributed by atoms with Gasteiger partial charge in [-0.3, -0.25) is 4.98 Å². The van der Waals surface area contributed by atoms with Gasteiger partial charge in [0.1, 0.15) is 5.54 Å². The van der Waals surface area contributed by atoms with Crippen LogP contribution < -0.4 is 5.73 Å². The molecule has 0 saturated heterocycles. The zero-order chi connectivity index (χ0) is 11.8. The lowest BCUT2D eigenvalue weighted by Gasteiger charge is -2.22.